The van der Waals surface area contributed by atoms with Gasteiger partial charge in [0.25, 0.3) is 0 Å². The Morgan fingerprint density at radius 3 is 2.28 bits per heavy atom. The van der Waals surface area contributed by atoms with Gasteiger partial charge in [-0.2, -0.15) is 0 Å². The van der Waals surface area contributed by atoms with Gasteiger partial charge in [-0.3, -0.25) is 9.36 Å². The van der Waals surface area contributed by atoms with Crippen molar-refractivity contribution < 1.29 is 18.4 Å². The first kappa shape index (κ1) is 14.9. The summed E-state index contributed by atoms with van der Waals surface area (Å²) < 4.78 is 21.9. The molecule has 0 saturated carbocycles. The second-order valence-electron chi connectivity index (χ2n) is 3.82. The lowest BCUT2D eigenvalue weighted by molar-refractivity contribution is -0.119. The van der Waals surface area contributed by atoms with E-state index in [4.69, 9.17) is 9.05 Å². The molecule has 1 rings (SSSR count). The summed E-state index contributed by atoms with van der Waals surface area (Å²) in [5.41, 5.74) is 0.863. The Balaban J connectivity index is 2.93. The summed E-state index contributed by atoms with van der Waals surface area (Å²) >= 11 is 0. The molecule has 100 valence electrons. The maximum Gasteiger partial charge on any atom is 0.332 e. The van der Waals surface area contributed by atoms with Gasteiger partial charge in [0.05, 0.1) is 12.2 Å². The number of rotatable bonds is 6. The quantitative estimate of drug-likeness (QED) is 0.807. The lowest BCUT2D eigenvalue weighted by atomic mass is 10.1. The molecule has 1 amide bonds. The van der Waals surface area contributed by atoms with Crippen molar-refractivity contribution in [2.45, 2.75) is 13.0 Å². The van der Waals surface area contributed by atoms with Crippen LogP contribution in [0.2, 0.25) is 0 Å². The molecule has 1 unspecified atom stereocenters. The molecule has 0 heterocycles. The fourth-order valence-corrected chi connectivity index (χ4v) is 2.81. The van der Waals surface area contributed by atoms with E-state index in [-0.39, 0.29) is 12.1 Å². The van der Waals surface area contributed by atoms with E-state index in [1.807, 2.05) is 30.3 Å². The molecule has 0 aliphatic rings. The summed E-state index contributed by atoms with van der Waals surface area (Å²) in [6.45, 7) is 1.42. The smallest absolute Gasteiger partial charge is 0.332 e. The highest BCUT2D eigenvalue weighted by molar-refractivity contribution is 7.53. The minimum Gasteiger partial charge on any atom is -0.349 e. The van der Waals surface area contributed by atoms with Crippen molar-refractivity contribution in [3.8, 4) is 0 Å². The molecule has 0 fully saturated rings. The van der Waals surface area contributed by atoms with Gasteiger partial charge in [0.1, 0.15) is 0 Å². The molecule has 1 aromatic carbocycles. The summed E-state index contributed by atoms with van der Waals surface area (Å²) in [5, 5.41) is 2.75. The highest BCUT2D eigenvalue weighted by atomic mass is 31.2. The first-order valence-corrected chi connectivity index (χ1v) is 7.26. The van der Waals surface area contributed by atoms with Crippen molar-refractivity contribution in [1.82, 2.24) is 5.32 Å². The molecule has 0 aliphatic heterocycles. The largest absolute Gasteiger partial charge is 0.349 e. The van der Waals surface area contributed by atoms with E-state index in [0.717, 1.165) is 5.56 Å². The fourth-order valence-electron chi connectivity index (χ4n) is 1.61. The van der Waals surface area contributed by atoms with Crippen LogP contribution in [0, 0.1) is 0 Å². The van der Waals surface area contributed by atoms with E-state index in [1.165, 1.54) is 21.1 Å². The molecule has 1 atom stereocenters. The first-order valence-electron chi connectivity index (χ1n) is 5.53. The van der Waals surface area contributed by atoms with Gasteiger partial charge in [-0.15, -0.1) is 0 Å². The van der Waals surface area contributed by atoms with Gasteiger partial charge in [-0.05, 0) is 5.56 Å². The van der Waals surface area contributed by atoms with Crippen molar-refractivity contribution in [2.75, 3.05) is 20.4 Å². The van der Waals surface area contributed by atoms with Crippen LogP contribution in [-0.4, -0.2) is 26.3 Å². The van der Waals surface area contributed by atoms with Crippen molar-refractivity contribution in [1.29, 1.82) is 0 Å². The Kier molecular flexibility index (Phi) is 5.54. The zero-order valence-electron chi connectivity index (χ0n) is 10.8. The summed E-state index contributed by atoms with van der Waals surface area (Å²) in [5.74, 6) is -0.192. The average Bonchev–Trinajstić information content (AvgIpc) is 2.38. The molecule has 0 spiro atoms. The van der Waals surface area contributed by atoms with Crippen LogP contribution in [0.4, 0.5) is 0 Å². The Labute approximate surface area is 107 Å². The monoisotopic (exact) mass is 271 g/mol. The third kappa shape index (κ3) is 4.26. The Morgan fingerprint density at radius 1 is 1.28 bits per heavy atom. The van der Waals surface area contributed by atoms with E-state index in [1.54, 1.807) is 0 Å². The van der Waals surface area contributed by atoms with Gasteiger partial charge in [-0.25, -0.2) is 0 Å². The summed E-state index contributed by atoms with van der Waals surface area (Å²) in [7, 11) is -0.507. The van der Waals surface area contributed by atoms with Crippen LogP contribution < -0.4 is 5.32 Å². The normalized spacial score (nSPS) is 13.1. The van der Waals surface area contributed by atoms with Gasteiger partial charge < -0.3 is 14.4 Å². The van der Waals surface area contributed by atoms with E-state index in [0.29, 0.717) is 0 Å². The van der Waals surface area contributed by atoms with E-state index < -0.39 is 13.6 Å². The van der Waals surface area contributed by atoms with Crippen LogP contribution in [0.3, 0.4) is 0 Å². The van der Waals surface area contributed by atoms with Crippen LogP contribution in [0.25, 0.3) is 0 Å². The molecule has 0 bridgehead atoms. The summed E-state index contributed by atoms with van der Waals surface area (Å²) in [4.78, 5) is 11.2. The Morgan fingerprint density at radius 2 is 1.83 bits per heavy atom. The molecule has 1 N–H and O–H groups in total. The third-order valence-corrected chi connectivity index (χ3v) is 4.47. The molecular formula is C12H18NO4P. The number of carbonyl (C=O) groups is 1. The van der Waals surface area contributed by atoms with Crippen LogP contribution in [0.15, 0.2) is 30.3 Å². The molecular weight excluding hydrogens is 253 g/mol. The zero-order chi connectivity index (χ0) is 13.6. The van der Waals surface area contributed by atoms with Gasteiger partial charge in [0, 0.05) is 21.1 Å². The second kappa shape index (κ2) is 6.69. The lowest BCUT2D eigenvalue weighted by Gasteiger charge is -2.22. The second-order valence-corrected chi connectivity index (χ2v) is 6.14. The number of hydrogen-bond acceptors (Lipinski definition) is 4. The molecule has 5 nitrogen and oxygen atoms in total. The van der Waals surface area contributed by atoms with Crippen LogP contribution in [-0.2, 0) is 18.4 Å². The summed E-state index contributed by atoms with van der Waals surface area (Å²) in [6.07, 6.45) is 0.101. The molecule has 0 aliphatic carbocycles. The number of hydrogen-bond donors (Lipinski definition) is 1. The van der Waals surface area contributed by atoms with Crippen molar-refractivity contribution in [3.05, 3.63) is 35.9 Å². The first-order chi connectivity index (χ1) is 8.50. The third-order valence-electron chi connectivity index (χ3n) is 2.54. The fraction of sp³-hybridized carbons (Fsp3) is 0.417. The molecule has 1 aromatic rings. The van der Waals surface area contributed by atoms with Crippen LogP contribution >= 0.6 is 7.60 Å². The Bertz CT molecular complexity index is 427. The van der Waals surface area contributed by atoms with Crippen molar-refractivity contribution >= 4 is 13.5 Å². The topological polar surface area (TPSA) is 64.6 Å². The van der Waals surface area contributed by atoms with Crippen LogP contribution in [0.5, 0.6) is 0 Å². The van der Waals surface area contributed by atoms with Gasteiger partial charge in [0.2, 0.25) is 5.91 Å². The number of amides is 1. The standard InChI is InChI=1S/C12H18NO4P/c1-10(14)13-12(9-18(15,16-2)17-3)11-7-5-4-6-8-11/h4-8,12H,9H2,1-3H3,(H,13,14). The van der Waals surface area contributed by atoms with Crippen molar-refractivity contribution in [3.63, 3.8) is 0 Å². The number of nitrogens with one attached hydrogen (secondary N) is 1. The maximum absolute atomic E-state index is 12.1. The minimum atomic E-state index is -3.17. The Hall–Kier alpha value is -1.16. The molecule has 6 heteroatoms. The van der Waals surface area contributed by atoms with Gasteiger partial charge >= 0.3 is 7.60 Å². The van der Waals surface area contributed by atoms with E-state index in [2.05, 4.69) is 5.32 Å². The molecule has 0 aromatic heterocycles. The van der Waals surface area contributed by atoms with Crippen molar-refractivity contribution in [2.24, 2.45) is 0 Å². The zero-order valence-corrected chi connectivity index (χ0v) is 11.6. The predicted molar refractivity (Wildman–Crippen MR) is 69.5 cm³/mol. The molecule has 0 saturated heterocycles. The number of benzene rings is 1. The highest BCUT2D eigenvalue weighted by Gasteiger charge is 2.28. The maximum atomic E-state index is 12.1. The lowest BCUT2D eigenvalue weighted by Crippen LogP contribution is -2.29. The SMILES string of the molecule is COP(=O)(CC(NC(C)=O)c1ccccc1)OC. The number of carbonyl (C=O) groups excluding carboxylic acids is 1. The average molecular weight is 271 g/mol. The predicted octanol–water partition coefficient (Wildman–Crippen LogP) is 2.35. The van der Waals surface area contributed by atoms with Gasteiger partial charge in [0.15, 0.2) is 0 Å². The van der Waals surface area contributed by atoms with E-state index >= 15 is 0 Å². The molecule has 18 heavy (non-hydrogen) atoms. The van der Waals surface area contributed by atoms with E-state index in [9.17, 15) is 9.36 Å². The summed E-state index contributed by atoms with van der Waals surface area (Å²) in [6, 6.07) is 8.91. The molecule has 0 radical (unpaired) electrons. The van der Waals surface area contributed by atoms with Crippen LogP contribution in [0.1, 0.15) is 18.5 Å². The van der Waals surface area contributed by atoms with Gasteiger partial charge in [-0.1, -0.05) is 30.3 Å². The minimum absolute atomic E-state index is 0.101. The highest BCUT2D eigenvalue weighted by Crippen LogP contribution is 2.49.